The predicted molar refractivity (Wildman–Crippen MR) is 97.1 cm³/mol. The average Bonchev–Trinajstić information content (AvgIpc) is 3.01. The molecule has 0 saturated heterocycles. The minimum absolute atomic E-state index is 0.175. The van der Waals surface area contributed by atoms with Crippen molar-refractivity contribution in [1.29, 1.82) is 0 Å². The summed E-state index contributed by atoms with van der Waals surface area (Å²) in [5, 5.41) is 12.5. The molecule has 26 heavy (non-hydrogen) atoms. The van der Waals surface area contributed by atoms with Crippen molar-refractivity contribution in [1.82, 2.24) is 24.7 Å². The highest BCUT2D eigenvalue weighted by Gasteiger charge is 2.12. The Morgan fingerprint density at radius 3 is 2.69 bits per heavy atom. The lowest BCUT2D eigenvalue weighted by Crippen LogP contribution is -2.13. The summed E-state index contributed by atoms with van der Waals surface area (Å²) in [5.41, 5.74) is 7.16. The lowest BCUT2D eigenvalue weighted by atomic mass is 10.1. The number of hydrogen-bond donors (Lipinski definition) is 2. The van der Waals surface area contributed by atoms with Gasteiger partial charge in [-0.15, -0.1) is 10.2 Å². The van der Waals surface area contributed by atoms with Crippen molar-refractivity contribution >= 4 is 28.4 Å². The highest BCUT2D eigenvalue weighted by molar-refractivity contribution is 5.89. The number of amides is 1. The Balaban J connectivity index is 1.68. The first kappa shape index (κ1) is 15.7. The summed E-state index contributed by atoms with van der Waals surface area (Å²) in [6.07, 6.45) is 5.14. The number of rotatable bonds is 5. The van der Waals surface area contributed by atoms with Crippen LogP contribution in [0.1, 0.15) is 5.56 Å². The van der Waals surface area contributed by atoms with Crippen LogP contribution in [0, 0.1) is 0 Å². The van der Waals surface area contributed by atoms with Crippen molar-refractivity contribution in [2.24, 2.45) is 5.73 Å². The van der Waals surface area contributed by atoms with E-state index in [-0.39, 0.29) is 12.3 Å². The summed E-state index contributed by atoms with van der Waals surface area (Å²) in [5.74, 6) is 1.48. The molecule has 1 amide bonds. The molecule has 0 atom stereocenters. The van der Waals surface area contributed by atoms with E-state index in [9.17, 15) is 4.79 Å². The molecule has 8 nitrogen and oxygen atoms in total. The molecular formula is C18H15N7O. The van der Waals surface area contributed by atoms with Gasteiger partial charge in [0.05, 0.1) is 11.9 Å². The van der Waals surface area contributed by atoms with Crippen molar-refractivity contribution in [2.45, 2.75) is 6.42 Å². The molecule has 0 aliphatic carbocycles. The molecule has 3 N–H and O–H groups in total. The SMILES string of the molecule is NC(=O)Cc1cn(-c2ccc(Nc3ccncn3)nn2)c2ccccc12. The molecule has 0 aliphatic heterocycles. The summed E-state index contributed by atoms with van der Waals surface area (Å²) in [6, 6.07) is 13.2. The van der Waals surface area contributed by atoms with Gasteiger partial charge in [0.1, 0.15) is 12.1 Å². The van der Waals surface area contributed by atoms with E-state index in [2.05, 4.69) is 25.5 Å². The summed E-state index contributed by atoms with van der Waals surface area (Å²) >= 11 is 0. The molecule has 0 saturated carbocycles. The molecule has 3 aromatic heterocycles. The third-order valence-corrected chi connectivity index (χ3v) is 3.89. The van der Waals surface area contributed by atoms with Gasteiger partial charge in [-0.25, -0.2) is 9.97 Å². The molecular weight excluding hydrogens is 330 g/mol. The summed E-state index contributed by atoms with van der Waals surface area (Å²) in [7, 11) is 0. The third kappa shape index (κ3) is 3.07. The minimum Gasteiger partial charge on any atom is -0.369 e. The predicted octanol–water partition coefficient (Wildman–Crippen LogP) is 1.98. The zero-order valence-corrected chi connectivity index (χ0v) is 13.7. The van der Waals surface area contributed by atoms with Gasteiger partial charge in [-0.05, 0) is 29.8 Å². The number of anilines is 2. The van der Waals surface area contributed by atoms with Crippen molar-refractivity contribution < 1.29 is 4.79 Å². The molecule has 8 heteroatoms. The van der Waals surface area contributed by atoms with E-state index in [1.807, 2.05) is 47.2 Å². The molecule has 128 valence electrons. The van der Waals surface area contributed by atoms with Crippen molar-refractivity contribution in [3.63, 3.8) is 0 Å². The summed E-state index contributed by atoms with van der Waals surface area (Å²) in [6.45, 7) is 0. The molecule has 1 aromatic carbocycles. The van der Waals surface area contributed by atoms with Gasteiger partial charge in [0, 0.05) is 17.8 Å². The van der Waals surface area contributed by atoms with Gasteiger partial charge in [0.15, 0.2) is 11.6 Å². The smallest absolute Gasteiger partial charge is 0.221 e. The van der Waals surface area contributed by atoms with Crippen molar-refractivity contribution in [3.05, 3.63) is 66.7 Å². The fraction of sp³-hybridized carbons (Fsp3) is 0.0556. The first-order chi connectivity index (χ1) is 12.7. The Bertz CT molecular complexity index is 1060. The zero-order chi connectivity index (χ0) is 17.9. The highest BCUT2D eigenvalue weighted by Crippen LogP contribution is 2.24. The van der Waals surface area contributed by atoms with Gasteiger partial charge in [0.2, 0.25) is 5.91 Å². The van der Waals surface area contributed by atoms with Crippen LogP contribution in [0.3, 0.4) is 0 Å². The standard InChI is InChI=1S/C18H15N7O/c19-15(26)9-12-10-25(14-4-2-1-3-13(12)14)18-6-5-17(23-24-18)22-16-7-8-20-11-21-16/h1-8,10-11H,9H2,(H2,19,26)(H,20,21,22,23). The van der Waals surface area contributed by atoms with Crippen LogP contribution in [0.15, 0.2) is 61.2 Å². The lowest BCUT2D eigenvalue weighted by Gasteiger charge is -2.06. The summed E-state index contributed by atoms with van der Waals surface area (Å²) < 4.78 is 1.90. The van der Waals surface area contributed by atoms with Gasteiger partial charge < -0.3 is 11.1 Å². The molecule has 4 aromatic rings. The number of carbonyl (C=O) groups excluding carboxylic acids is 1. The monoisotopic (exact) mass is 345 g/mol. The van der Waals surface area contributed by atoms with Crippen LogP contribution in [-0.2, 0) is 11.2 Å². The van der Waals surface area contributed by atoms with Gasteiger partial charge in [-0.3, -0.25) is 9.36 Å². The second-order valence-electron chi connectivity index (χ2n) is 5.68. The maximum atomic E-state index is 11.3. The van der Waals surface area contributed by atoms with Crippen LogP contribution in [0.5, 0.6) is 0 Å². The maximum absolute atomic E-state index is 11.3. The first-order valence-corrected chi connectivity index (χ1v) is 7.95. The number of aromatic nitrogens is 5. The number of primary amides is 1. The number of hydrogen-bond acceptors (Lipinski definition) is 6. The highest BCUT2D eigenvalue weighted by atomic mass is 16.1. The number of fused-ring (bicyclic) bond motifs is 1. The van der Waals surface area contributed by atoms with Gasteiger partial charge in [-0.1, -0.05) is 18.2 Å². The second-order valence-corrected chi connectivity index (χ2v) is 5.68. The first-order valence-electron chi connectivity index (χ1n) is 7.95. The van der Waals surface area contributed by atoms with Gasteiger partial charge >= 0.3 is 0 Å². The molecule has 0 spiro atoms. The van der Waals surface area contributed by atoms with Crippen LogP contribution in [0.2, 0.25) is 0 Å². The normalized spacial score (nSPS) is 10.8. The molecule has 3 heterocycles. The van der Waals surface area contributed by atoms with Crippen molar-refractivity contribution in [3.8, 4) is 5.82 Å². The van der Waals surface area contributed by atoms with E-state index < -0.39 is 0 Å². The minimum atomic E-state index is -0.372. The lowest BCUT2D eigenvalue weighted by molar-refractivity contribution is -0.117. The maximum Gasteiger partial charge on any atom is 0.221 e. The number of nitrogens with one attached hydrogen (secondary N) is 1. The Hall–Kier alpha value is -3.81. The molecule has 0 bridgehead atoms. The van der Waals surface area contributed by atoms with E-state index in [0.717, 1.165) is 16.5 Å². The van der Waals surface area contributed by atoms with E-state index in [4.69, 9.17) is 5.73 Å². The Kier molecular flexibility index (Phi) is 3.98. The number of para-hydroxylation sites is 1. The molecule has 0 aliphatic rings. The van der Waals surface area contributed by atoms with E-state index in [0.29, 0.717) is 17.5 Å². The van der Waals surface area contributed by atoms with Crippen molar-refractivity contribution in [2.75, 3.05) is 5.32 Å². The third-order valence-electron chi connectivity index (χ3n) is 3.89. The summed E-state index contributed by atoms with van der Waals surface area (Å²) in [4.78, 5) is 19.3. The van der Waals surface area contributed by atoms with Crippen LogP contribution in [0.25, 0.3) is 16.7 Å². The number of nitrogens with zero attached hydrogens (tertiary/aromatic N) is 5. The topological polar surface area (TPSA) is 112 Å². The fourth-order valence-electron chi connectivity index (χ4n) is 2.78. The molecule has 4 rings (SSSR count). The van der Waals surface area contributed by atoms with Crippen LogP contribution in [0.4, 0.5) is 11.6 Å². The van der Waals surface area contributed by atoms with Crippen LogP contribution in [-0.4, -0.2) is 30.6 Å². The van der Waals surface area contributed by atoms with Crippen LogP contribution < -0.4 is 11.1 Å². The number of carbonyl (C=O) groups is 1. The Morgan fingerprint density at radius 2 is 1.96 bits per heavy atom. The fourth-order valence-corrected chi connectivity index (χ4v) is 2.78. The largest absolute Gasteiger partial charge is 0.369 e. The van der Waals surface area contributed by atoms with Gasteiger partial charge in [0.25, 0.3) is 0 Å². The molecule has 0 unspecified atom stereocenters. The Morgan fingerprint density at radius 1 is 1.08 bits per heavy atom. The quantitative estimate of drug-likeness (QED) is 0.572. The van der Waals surface area contributed by atoms with E-state index in [1.54, 1.807) is 12.3 Å². The number of benzene rings is 1. The Labute approximate surface area is 148 Å². The van der Waals surface area contributed by atoms with E-state index >= 15 is 0 Å². The molecule has 0 fully saturated rings. The van der Waals surface area contributed by atoms with Crippen LogP contribution >= 0.6 is 0 Å². The van der Waals surface area contributed by atoms with E-state index in [1.165, 1.54) is 6.33 Å². The zero-order valence-electron chi connectivity index (χ0n) is 13.7. The van der Waals surface area contributed by atoms with Gasteiger partial charge in [-0.2, -0.15) is 0 Å². The molecule has 0 radical (unpaired) electrons. The number of nitrogens with two attached hydrogens (primary N) is 1. The second kappa shape index (κ2) is 6.60. The average molecular weight is 345 g/mol.